The molecule has 2 heterocycles. The van der Waals surface area contributed by atoms with Gasteiger partial charge in [-0.25, -0.2) is 0 Å². The van der Waals surface area contributed by atoms with Crippen LogP contribution in [0.1, 0.15) is 17.3 Å². The van der Waals surface area contributed by atoms with Gasteiger partial charge in [-0.15, -0.1) is 0 Å². The van der Waals surface area contributed by atoms with Gasteiger partial charge in [0, 0.05) is 6.54 Å². The van der Waals surface area contributed by atoms with Gasteiger partial charge in [0.05, 0.1) is 13.7 Å². The van der Waals surface area contributed by atoms with E-state index < -0.39 is 0 Å². The standard InChI is InChI=1S/C14H17N3O4/c1-9-16-13(21-17-9)8-15-7-10-5-11(18-2)14-12(6-10)19-3-4-20-14/h5-6,15H,3-4,7-8H2,1-2H3. The molecule has 1 aliphatic rings. The molecular weight excluding hydrogens is 274 g/mol. The molecule has 1 aromatic heterocycles. The molecule has 7 nitrogen and oxygen atoms in total. The number of ether oxygens (including phenoxy) is 3. The zero-order chi connectivity index (χ0) is 14.7. The SMILES string of the molecule is COc1cc(CNCc2nc(C)no2)cc2c1OCCO2. The Morgan fingerprint density at radius 3 is 2.86 bits per heavy atom. The first kappa shape index (κ1) is 13.7. The molecule has 0 saturated carbocycles. The third kappa shape index (κ3) is 3.08. The minimum atomic E-state index is 0.512. The summed E-state index contributed by atoms with van der Waals surface area (Å²) >= 11 is 0. The highest BCUT2D eigenvalue weighted by Gasteiger charge is 2.18. The van der Waals surface area contributed by atoms with E-state index in [2.05, 4.69) is 15.5 Å². The highest BCUT2D eigenvalue weighted by Crippen LogP contribution is 2.40. The maximum Gasteiger partial charge on any atom is 0.240 e. The molecule has 0 aliphatic carbocycles. The molecule has 1 N–H and O–H groups in total. The molecule has 0 bridgehead atoms. The monoisotopic (exact) mass is 291 g/mol. The number of nitrogens with zero attached hydrogens (tertiary/aromatic N) is 2. The Balaban J connectivity index is 1.67. The molecule has 0 spiro atoms. The van der Waals surface area contributed by atoms with E-state index in [0.717, 1.165) is 5.56 Å². The van der Waals surface area contributed by atoms with E-state index in [0.29, 0.717) is 55.3 Å². The summed E-state index contributed by atoms with van der Waals surface area (Å²) in [7, 11) is 1.62. The maximum atomic E-state index is 5.60. The summed E-state index contributed by atoms with van der Waals surface area (Å²) in [6.07, 6.45) is 0. The Bertz CT molecular complexity index is 609. The first-order valence-electron chi connectivity index (χ1n) is 6.72. The van der Waals surface area contributed by atoms with Gasteiger partial charge in [-0.1, -0.05) is 5.16 Å². The van der Waals surface area contributed by atoms with E-state index in [1.807, 2.05) is 12.1 Å². The summed E-state index contributed by atoms with van der Waals surface area (Å²) in [5.41, 5.74) is 1.03. The Kier molecular flexibility index (Phi) is 3.92. The van der Waals surface area contributed by atoms with Crippen molar-refractivity contribution in [3.05, 3.63) is 29.4 Å². The second-order valence-corrected chi connectivity index (χ2v) is 4.66. The zero-order valence-electron chi connectivity index (χ0n) is 12.0. The lowest BCUT2D eigenvalue weighted by Crippen LogP contribution is -2.17. The molecule has 2 aromatic rings. The number of rotatable bonds is 5. The fraction of sp³-hybridized carbons (Fsp3) is 0.429. The van der Waals surface area contributed by atoms with E-state index in [1.54, 1.807) is 14.0 Å². The Labute approximate surface area is 122 Å². The highest BCUT2D eigenvalue weighted by atomic mass is 16.6. The quantitative estimate of drug-likeness (QED) is 0.893. The van der Waals surface area contributed by atoms with Gasteiger partial charge in [0.2, 0.25) is 11.6 Å². The van der Waals surface area contributed by atoms with Crippen molar-refractivity contribution >= 4 is 0 Å². The van der Waals surface area contributed by atoms with Gasteiger partial charge in [0.1, 0.15) is 13.2 Å². The number of aromatic nitrogens is 2. The normalized spacial score (nSPS) is 13.2. The van der Waals surface area contributed by atoms with E-state index in [9.17, 15) is 0 Å². The summed E-state index contributed by atoms with van der Waals surface area (Å²) < 4.78 is 21.6. The fourth-order valence-electron chi connectivity index (χ4n) is 2.16. The predicted molar refractivity (Wildman–Crippen MR) is 73.6 cm³/mol. The van der Waals surface area contributed by atoms with Crippen molar-refractivity contribution in [1.82, 2.24) is 15.5 Å². The number of fused-ring (bicyclic) bond motifs is 1. The molecule has 7 heteroatoms. The van der Waals surface area contributed by atoms with E-state index in [1.165, 1.54) is 0 Å². The van der Waals surface area contributed by atoms with Crippen molar-refractivity contribution in [3.63, 3.8) is 0 Å². The Morgan fingerprint density at radius 1 is 1.24 bits per heavy atom. The number of hydrogen-bond acceptors (Lipinski definition) is 7. The first-order chi connectivity index (χ1) is 10.3. The van der Waals surface area contributed by atoms with Gasteiger partial charge in [0.25, 0.3) is 0 Å². The molecule has 0 unspecified atom stereocenters. The lowest BCUT2D eigenvalue weighted by atomic mass is 10.1. The van der Waals surface area contributed by atoms with Gasteiger partial charge in [-0.2, -0.15) is 4.98 Å². The van der Waals surface area contributed by atoms with Gasteiger partial charge in [-0.05, 0) is 24.6 Å². The van der Waals surface area contributed by atoms with Crippen molar-refractivity contribution in [2.24, 2.45) is 0 Å². The van der Waals surface area contributed by atoms with Gasteiger partial charge < -0.3 is 24.1 Å². The van der Waals surface area contributed by atoms with Crippen molar-refractivity contribution < 1.29 is 18.7 Å². The molecule has 0 saturated heterocycles. The molecule has 21 heavy (non-hydrogen) atoms. The summed E-state index contributed by atoms with van der Waals surface area (Å²) in [5, 5.41) is 6.99. The minimum absolute atomic E-state index is 0.512. The average molecular weight is 291 g/mol. The van der Waals surface area contributed by atoms with Crippen LogP contribution in [0.15, 0.2) is 16.7 Å². The van der Waals surface area contributed by atoms with Crippen LogP contribution in [0.3, 0.4) is 0 Å². The highest BCUT2D eigenvalue weighted by molar-refractivity contribution is 5.54. The van der Waals surface area contributed by atoms with Crippen molar-refractivity contribution in [1.29, 1.82) is 0 Å². The maximum absolute atomic E-state index is 5.60. The molecule has 0 fully saturated rings. The Morgan fingerprint density at radius 2 is 2.10 bits per heavy atom. The van der Waals surface area contributed by atoms with E-state index >= 15 is 0 Å². The van der Waals surface area contributed by atoms with Crippen LogP contribution in [0, 0.1) is 6.92 Å². The average Bonchev–Trinajstić information content (AvgIpc) is 2.92. The van der Waals surface area contributed by atoms with Crippen molar-refractivity contribution in [2.75, 3.05) is 20.3 Å². The smallest absolute Gasteiger partial charge is 0.240 e. The van der Waals surface area contributed by atoms with E-state index in [-0.39, 0.29) is 0 Å². The first-order valence-corrected chi connectivity index (χ1v) is 6.72. The number of nitrogens with one attached hydrogen (secondary N) is 1. The molecular formula is C14H17N3O4. The predicted octanol–water partition coefficient (Wildman–Crippen LogP) is 1.45. The second kappa shape index (κ2) is 6.01. The summed E-state index contributed by atoms with van der Waals surface area (Å²) in [4.78, 5) is 4.14. The van der Waals surface area contributed by atoms with Crippen LogP contribution in [0.5, 0.6) is 17.2 Å². The summed E-state index contributed by atoms with van der Waals surface area (Å²) in [5.74, 6) is 3.26. The van der Waals surface area contributed by atoms with Crippen LogP contribution in [-0.4, -0.2) is 30.5 Å². The molecule has 0 radical (unpaired) electrons. The fourth-order valence-corrected chi connectivity index (χ4v) is 2.16. The molecule has 3 rings (SSSR count). The number of hydrogen-bond donors (Lipinski definition) is 1. The third-order valence-corrected chi connectivity index (χ3v) is 3.06. The minimum Gasteiger partial charge on any atom is -0.493 e. The van der Waals surface area contributed by atoms with Crippen LogP contribution in [0.2, 0.25) is 0 Å². The molecule has 1 aliphatic heterocycles. The molecule has 0 amide bonds. The lowest BCUT2D eigenvalue weighted by molar-refractivity contribution is 0.165. The molecule has 0 atom stereocenters. The summed E-state index contributed by atoms with van der Waals surface area (Å²) in [6.45, 7) is 4.02. The number of benzene rings is 1. The number of methoxy groups -OCH3 is 1. The lowest BCUT2D eigenvalue weighted by Gasteiger charge is -2.21. The molecule has 112 valence electrons. The van der Waals surface area contributed by atoms with Crippen LogP contribution in [0.4, 0.5) is 0 Å². The topological polar surface area (TPSA) is 78.6 Å². The van der Waals surface area contributed by atoms with E-state index in [4.69, 9.17) is 18.7 Å². The van der Waals surface area contributed by atoms with Crippen LogP contribution in [-0.2, 0) is 13.1 Å². The Hall–Kier alpha value is -2.28. The van der Waals surface area contributed by atoms with Crippen LogP contribution >= 0.6 is 0 Å². The zero-order valence-corrected chi connectivity index (χ0v) is 12.0. The summed E-state index contributed by atoms with van der Waals surface area (Å²) in [6, 6.07) is 3.88. The molecule has 1 aromatic carbocycles. The van der Waals surface area contributed by atoms with Gasteiger partial charge in [-0.3, -0.25) is 0 Å². The largest absolute Gasteiger partial charge is 0.493 e. The van der Waals surface area contributed by atoms with Gasteiger partial charge in [0.15, 0.2) is 17.3 Å². The van der Waals surface area contributed by atoms with Crippen LogP contribution < -0.4 is 19.5 Å². The van der Waals surface area contributed by atoms with Gasteiger partial charge >= 0.3 is 0 Å². The van der Waals surface area contributed by atoms with Crippen LogP contribution in [0.25, 0.3) is 0 Å². The third-order valence-electron chi connectivity index (χ3n) is 3.06. The van der Waals surface area contributed by atoms with Crippen molar-refractivity contribution in [2.45, 2.75) is 20.0 Å². The number of aryl methyl sites for hydroxylation is 1. The second-order valence-electron chi connectivity index (χ2n) is 4.66. The van der Waals surface area contributed by atoms with Crippen molar-refractivity contribution in [3.8, 4) is 17.2 Å².